The maximum Gasteiger partial charge on any atom is 0.310 e. The molecule has 2 aromatic rings. The van der Waals surface area contributed by atoms with Crippen molar-refractivity contribution in [1.82, 2.24) is 0 Å². The molecule has 0 atom stereocenters. The molecule has 0 spiro atoms. The van der Waals surface area contributed by atoms with Gasteiger partial charge in [-0.15, -0.1) is 0 Å². The van der Waals surface area contributed by atoms with Crippen molar-refractivity contribution >= 4 is 28.9 Å². The summed E-state index contributed by atoms with van der Waals surface area (Å²) < 4.78 is 15.5. The second-order valence-corrected chi connectivity index (χ2v) is 5.16. The van der Waals surface area contributed by atoms with E-state index in [0.717, 1.165) is 0 Å². The molecule has 0 saturated carbocycles. The molecule has 0 aliphatic rings. The van der Waals surface area contributed by atoms with Gasteiger partial charge in [-0.2, -0.15) is 0 Å². The third-order valence-corrected chi connectivity index (χ3v) is 3.46. The number of carbonyl (C=O) groups is 1. The summed E-state index contributed by atoms with van der Waals surface area (Å²) in [7, 11) is 2.89. The van der Waals surface area contributed by atoms with Gasteiger partial charge in [0, 0.05) is 12.1 Å². The number of anilines is 1. The maximum atomic E-state index is 12.1. The van der Waals surface area contributed by atoms with Gasteiger partial charge in [-0.05, 0) is 12.1 Å². The van der Waals surface area contributed by atoms with E-state index in [9.17, 15) is 14.9 Å². The highest BCUT2D eigenvalue weighted by atomic mass is 35.5. The number of nitro groups is 1. The molecule has 0 aliphatic carbocycles. The first kappa shape index (κ1) is 18.3. The van der Waals surface area contributed by atoms with Gasteiger partial charge in [0.1, 0.15) is 11.5 Å². The van der Waals surface area contributed by atoms with E-state index in [-0.39, 0.29) is 11.4 Å². The molecule has 132 valence electrons. The molecule has 1 N–H and O–H groups in total. The van der Waals surface area contributed by atoms with Crippen LogP contribution in [0.15, 0.2) is 36.4 Å². The lowest BCUT2D eigenvalue weighted by Gasteiger charge is -2.13. The molecular formula is C16H15ClN2O6. The van der Waals surface area contributed by atoms with E-state index in [4.69, 9.17) is 25.8 Å². The second kappa shape index (κ2) is 8.20. The van der Waals surface area contributed by atoms with Crippen molar-refractivity contribution < 1.29 is 23.9 Å². The quantitative estimate of drug-likeness (QED) is 0.596. The van der Waals surface area contributed by atoms with Crippen molar-refractivity contribution in [2.75, 3.05) is 26.1 Å². The van der Waals surface area contributed by atoms with Crippen LogP contribution < -0.4 is 19.5 Å². The van der Waals surface area contributed by atoms with Gasteiger partial charge in [0.15, 0.2) is 12.4 Å². The zero-order chi connectivity index (χ0) is 18.4. The Hall–Kier alpha value is -3.00. The lowest BCUT2D eigenvalue weighted by atomic mass is 10.2. The van der Waals surface area contributed by atoms with Crippen LogP contribution in [0.1, 0.15) is 0 Å². The lowest BCUT2D eigenvalue weighted by Crippen LogP contribution is -2.20. The van der Waals surface area contributed by atoms with E-state index in [2.05, 4.69) is 5.32 Å². The van der Waals surface area contributed by atoms with E-state index in [1.807, 2.05) is 0 Å². The SMILES string of the molecule is COc1cc(OC)c(NC(=O)COc2ccccc2[N+](=O)[O-])cc1Cl. The number of hydrogen-bond donors (Lipinski definition) is 1. The first-order chi connectivity index (χ1) is 12.0. The van der Waals surface area contributed by atoms with Gasteiger partial charge in [-0.3, -0.25) is 14.9 Å². The number of nitrogens with one attached hydrogen (secondary N) is 1. The number of hydrogen-bond acceptors (Lipinski definition) is 6. The van der Waals surface area contributed by atoms with Gasteiger partial charge in [-0.25, -0.2) is 0 Å². The molecule has 0 aliphatic heterocycles. The molecule has 0 unspecified atom stereocenters. The molecule has 0 bridgehead atoms. The van der Waals surface area contributed by atoms with Crippen molar-refractivity contribution in [3.8, 4) is 17.2 Å². The number of methoxy groups -OCH3 is 2. The smallest absolute Gasteiger partial charge is 0.310 e. The standard InChI is InChI=1S/C16H15ClN2O6/c1-23-14-8-15(24-2)11(7-10(14)17)18-16(20)9-25-13-6-4-3-5-12(13)19(21)22/h3-8H,9H2,1-2H3,(H,18,20). The van der Waals surface area contributed by atoms with Crippen molar-refractivity contribution in [3.05, 3.63) is 51.5 Å². The van der Waals surface area contributed by atoms with Crippen LogP contribution in [-0.2, 0) is 4.79 Å². The number of para-hydroxylation sites is 2. The highest BCUT2D eigenvalue weighted by Gasteiger charge is 2.16. The number of halogens is 1. The normalized spacial score (nSPS) is 10.0. The van der Waals surface area contributed by atoms with Crippen molar-refractivity contribution in [2.45, 2.75) is 0 Å². The summed E-state index contributed by atoms with van der Waals surface area (Å²) >= 11 is 6.03. The minimum absolute atomic E-state index is 0.00220. The number of carbonyl (C=O) groups excluding carboxylic acids is 1. The van der Waals surface area contributed by atoms with Crippen LogP contribution in [0.5, 0.6) is 17.2 Å². The Kier molecular flexibility index (Phi) is 6.02. The number of ether oxygens (including phenoxy) is 3. The maximum absolute atomic E-state index is 12.1. The van der Waals surface area contributed by atoms with Crippen LogP contribution in [0.4, 0.5) is 11.4 Å². The third kappa shape index (κ3) is 4.51. The first-order valence-electron chi connectivity index (χ1n) is 7.04. The number of nitro benzene ring substituents is 1. The topological polar surface area (TPSA) is 99.9 Å². The van der Waals surface area contributed by atoms with Crippen LogP contribution >= 0.6 is 11.6 Å². The molecule has 25 heavy (non-hydrogen) atoms. The van der Waals surface area contributed by atoms with Crippen LogP contribution in [-0.4, -0.2) is 31.7 Å². The molecule has 0 aromatic heterocycles. The van der Waals surface area contributed by atoms with Crippen molar-refractivity contribution in [1.29, 1.82) is 0 Å². The Balaban J connectivity index is 2.09. The van der Waals surface area contributed by atoms with E-state index in [1.54, 1.807) is 6.07 Å². The Labute approximate surface area is 148 Å². The zero-order valence-corrected chi connectivity index (χ0v) is 14.2. The molecule has 0 fully saturated rings. The highest BCUT2D eigenvalue weighted by Crippen LogP contribution is 2.35. The molecule has 0 heterocycles. The van der Waals surface area contributed by atoms with Gasteiger partial charge in [0.25, 0.3) is 5.91 Å². The average molecular weight is 367 g/mol. The van der Waals surface area contributed by atoms with Crippen LogP contribution in [0.2, 0.25) is 5.02 Å². The van der Waals surface area contributed by atoms with Gasteiger partial charge in [0.2, 0.25) is 0 Å². The van der Waals surface area contributed by atoms with Crippen molar-refractivity contribution in [3.63, 3.8) is 0 Å². The molecule has 2 aromatic carbocycles. The largest absolute Gasteiger partial charge is 0.495 e. The van der Waals surface area contributed by atoms with E-state index in [0.29, 0.717) is 22.2 Å². The first-order valence-corrected chi connectivity index (χ1v) is 7.41. The lowest BCUT2D eigenvalue weighted by molar-refractivity contribution is -0.385. The van der Waals surface area contributed by atoms with Gasteiger partial charge < -0.3 is 19.5 Å². The fourth-order valence-electron chi connectivity index (χ4n) is 2.02. The van der Waals surface area contributed by atoms with Crippen molar-refractivity contribution in [2.24, 2.45) is 0 Å². The fraction of sp³-hybridized carbons (Fsp3) is 0.188. The second-order valence-electron chi connectivity index (χ2n) is 4.75. The zero-order valence-electron chi connectivity index (χ0n) is 13.4. The summed E-state index contributed by atoms with van der Waals surface area (Å²) in [4.78, 5) is 22.4. The number of rotatable bonds is 7. The summed E-state index contributed by atoms with van der Waals surface area (Å²) in [5.74, 6) is 0.216. The summed E-state index contributed by atoms with van der Waals surface area (Å²) in [6, 6.07) is 8.79. The highest BCUT2D eigenvalue weighted by molar-refractivity contribution is 6.32. The minimum Gasteiger partial charge on any atom is -0.495 e. The summed E-state index contributed by atoms with van der Waals surface area (Å²) in [6.07, 6.45) is 0. The summed E-state index contributed by atoms with van der Waals surface area (Å²) in [5, 5.41) is 13.8. The number of amides is 1. The predicted molar refractivity (Wildman–Crippen MR) is 91.8 cm³/mol. The average Bonchev–Trinajstić information content (AvgIpc) is 2.60. The van der Waals surface area contributed by atoms with E-state index in [1.165, 1.54) is 44.6 Å². The molecule has 1 amide bonds. The van der Waals surface area contributed by atoms with Crippen LogP contribution in [0.3, 0.4) is 0 Å². The predicted octanol–water partition coefficient (Wildman–Crippen LogP) is 3.28. The molecule has 0 saturated heterocycles. The van der Waals surface area contributed by atoms with Gasteiger partial charge in [-0.1, -0.05) is 23.7 Å². The minimum atomic E-state index is -0.584. The molecular weight excluding hydrogens is 352 g/mol. The van der Waals surface area contributed by atoms with E-state index >= 15 is 0 Å². The Morgan fingerprint density at radius 2 is 1.84 bits per heavy atom. The third-order valence-electron chi connectivity index (χ3n) is 3.17. The Morgan fingerprint density at radius 1 is 1.16 bits per heavy atom. The molecule has 9 heteroatoms. The summed E-state index contributed by atoms with van der Waals surface area (Å²) in [5.41, 5.74) is 0.102. The monoisotopic (exact) mass is 366 g/mol. The fourth-order valence-corrected chi connectivity index (χ4v) is 2.26. The van der Waals surface area contributed by atoms with Gasteiger partial charge in [0.05, 0.1) is 29.9 Å². The van der Waals surface area contributed by atoms with E-state index < -0.39 is 17.4 Å². The number of nitrogens with zero attached hydrogens (tertiary/aromatic N) is 1. The molecule has 8 nitrogen and oxygen atoms in total. The molecule has 0 radical (unpaired) electrons. The Bertz CT molecular complexity index is 796. The van der Waals surface area contributed by atoms with Gasteiger partial charge >= 0.3 is 5.69 Å². The van der Waals surface area contributed by atoms with Crippen LogP contribution in [0, 0.1) is 10.1 Å². The Morgan fingerprint density at radius 3 is 2.48 bits per heavy atom. The molecule has 2 rings (SSSR count). The number of benzene rings is 2. The van der Waals surface area contributed by atoms with Crippen LogP contribution in [0.25, 0.3) is 0 Å². The summed E-state index contributed by atoms with van der Waals surface area (Å²) in [6.45, 7) is -0.419.